The number of nitrogens with zero attached hydrogens (tertiary/aromatic N) is 5. The summed E-state index contributed by atoms with van der Waals surface area (Å²) in [6.07, 6.45) is 0.730. The van der Waals surface area contributed by atoms with Gasteiger partial charge in [0.1, 0.15) is 28.2 Å². The zero-order valence-electron chi connectivity index (χ0n) is 20.8. The zero-order chi connectivity index (χ0) is 25.5. The Morgan fingerprint density at radius 3 is 2.22 bits per heavy atom. The molecule has 3 aromatic carbocycles. The lowest BCUT2D eigenvalue weighted by Crippen LogP contribution is -2.23. The SMILES string of the molecule is COc1ccc(CCn2c3nc4ccccc4nc3c3c(=O)n(-c4ccccc4OC)c(C)nc32)cc1. The number of rotatable bonds is 6. The van der Waals surface area contributed by atoms with Crippen molar-refractivity contribution in [2.75, 3.05) is 14.2 Å². The Morgan fingerprint density at radius 1 is 0.784 bits per heavy atom. The molecule has 3 aromatic heterocycles. The lowest BCUT2D eigenvalue weighted by atomic mass is 10.1. The Bertz CT molecular complexity index is 1840. The topological polar surface area (TPSA) is 84.1 Å². The van der Waals surface area contributed by atoms with Gasteiger partial charge in [-0.2, -0.15) is 0 Å². The van der Waals surface area contributed by atoms with Gasteiger partial charge < -0.3 is 14.0 Å². The average molecular weight is 492 g/mol. The van der Waals surface area contributed by atoms with Gasteiger partial charge in [-0.3, -0.25) is 9.36 Å². The third kappa shape index (κ3) is 3.78. The monoisotopic (exact) mass is 491 g/mol. The van der Waals surface area contributed by atoms with Crippen LogP contribution in [0.5, 0.6) is 11.5 Å². The summed E-state index contributed by atoms with van der Waals surface area (Å²) in [4.78, 5) is 28.8. The summed E-state index contributed by atoms with van der Waals surface area (Å²) in [6.45, 7) is 2.42. The van der Waals surface area contributed by atoms with Crippen molar-refractivity contribution in [2.24, 2.45) is 0 Å². The minimum Gasteiger partial charge on any atom is -0.497 e. The van der Waals surface area contributed by atoms with E-state index in [0.717, 1.165) is 28.8 Å². The van der Waals surface area contributed by atoms with Crippen LogP contribution in [-0.4, -0.2) is 38.3 Å². The molecule has 6 aromatic rings. The number of para-hydroxylation sites is 4. The van der Waals surface area contributed by atoms with Gasteiger partial charge in [0.05, 0.1) is 30.9 Å². The second-order valence-electron chi connectivity index (χ2n) is 8.80. The fraction of sp³-hybridized carbons (Fsp3) is 0.172. The Balaban J connectivity index is 1.61. The van der Waals surface area contributed by atoms with E-state index in [0.29, 0.717) is 46.0 Å². The maximum atomic E-state index is 14.1. The van der Waals surface area contributed by atoms with Gasteiger partial charge in [0.25, 0.3) is 5.56 Å². The fourth-order valence-electron chi connectivity index (χ4n) is 4.81. The number of aryl methyl sites for hydroxylation is 3. The van der Waals surface area contributed by atoms with Crippen LogP contribution < -0.4 is 15.0 Å². The molecule has 8 heteroatoms. The van der Waals surface area contributed by atoms with Crippen molar-refractivity contribution in [3.8, 4) is 17.2 Å². The number of fused-ring (bicyclic) bond motifs is 4. The van der Waals surface area contributed by atoms with Crippen molar-refractivity contribution in [3.63, 3.8) is 0 Å². The molecule has 184 valence electrons. The molecule has 6 rings (SSSR count). The molecule has 0 saturated carbocycles. The number of hydrogen-bond donors (Lipinski definition) is 0. The van der Waals surface area contributed by atoms with Crippen LogP contribution in [0.1, 0.15) is 11.4 Å². The highest BCUT2D eigenvalue weighted by molar-refractivity contribution is 6.04. The van der Waals surface area contributed by atoms with E-state index in [2.05, 4.69) is 0 Å². The van der Waals surface area contributed by atoms with Gasteiger partial charge in [-0.1, -0.05) is 36.4 Å². The standard InChI is InChI=1S/C29H25N5O3/c1-18-30-27-25(29(35)34(18)23-10-6-7-11-24(23)37-3)26-28(32-22-9-5-4-8-21(22)31-26)33(27)17-16-19-12-14-20(36-2)15-13-19/h4-15H,16-17H2,1-3H3. The van der Waals surface area contributed by atoms with Crippen molar-refractivity contribution >= 4 is 33.2 Å². The van der Waals surface area contributed by atoms with Gasteiger partial charge >= 0.3 is 0 Å². The number of hydrogen-bond acceptors (Lipinski definition) is 6. The lowest BCUT2D eigenvalue weighted by molar-refractivity contribution is 0.412. The molecule has 0 N–H and O–H groups in total. The van der Waals surface area contributed by atoms with E-state index in [-0.39, 0.29) is 5.56 Å². The van der Waals surface area contributed by atoms with Crippen molar-refractivity contribution < 1.29 is 9.47 Å². The van der Waals surface area contributed by atoms with Gasteiger partial charge in [-0.15, -0.1) is 0 Å². The highest BCUT2D eigenvalue weighted by Crippen LogP contribution is 2.28. The summed E-state index contributed by atoms with van der Waals surface area (Å²) in [5.41, 5.74) is 4.84. The van der Waals surface area contributed by atoms with Gasteiger partial charge in [0, 0.05) is 6.54 Å². The molecule has 3 heterocycles. The summed E-state index contributed by atoms with van der Waals surface area (Å²) in [5.74, 6) is 1.96. The van der Waals surface area contributed by atoms with E-state index in [1.807, 2.05) is 84.3 Å². The molecule has 0 atom stereocenters. The second-order valence-corrected chi connectivity index (χ2v) is 8.80. The largest absolute Gasteiger partial charge is 0.497 e. The molecular weight excluding hydrogens is 466 g/mol. The van der Waals surface area contributed by atoms with Gasteiger partial charge in [-0.05, 0) is 55.3 Å². The predicted octanol–water partition coefficient (Wildman–Crippen LogP) is 4.85. The predicted molar refractivity (Wildman–Crippen MR) is 144 cm³/mol. The van der Waals surface area contributed by atoms with Crippen LogP contribution in [0.25, 0.3) is 38.9 Å². The van der Waals surface area contributed by atoms with Gasteiger partial charge in [0.2, 0.25) is 0 Å². The molecule has 0 saturated heterocycles. The van der Waals surface area contributed by atoms with E-state index in [1.165, 1.54) is 0 Å². The molecule has 0 aliphatic rings. The Morgan fingerprint density at radius 2 is 1.49 bits per heavy atom. The highest BCUT2D eigenvalue weighted by Gasteiger charge is 2.22. The fourth-order valence-corrected chi connectivity index (χ4v) is 4.81. The van der Waals surface area contributed by atoms with Crippen LogP contribution in [0.15, 0.2) is 77.6 Å². The minimum absolute atomic E-state index is 0.204. The van der Waals surface area contributed by atoms with Crippen LogP contribution in [0.3, 0.4) is 0 Å². The first kappa shape index (κ1) is 22.7. The van der Waals surface area contributed by atoms with Crippen LogP contribution in [0.2, 0.25) is 0 Å². The maximum absolute atomic E-state index is 14.1. The van der Waals surface area contributed by atoms with Crippen molar-refractivity contribution in [1.82, 2.24) is 24.1 Å². The molecule has 0 aliphatic heterocycles. The molecule has 0 spiro atoms. The first-order chi connectivity index (χ1) is 18.1. The van der Waals surface area contributed by atoms with E-state index in [1.54, 1.807) is 18.8 Å². The molecular formula is C29H25N5O3. The Hall–Kier alpha value is -4.72. The van der Waals surface area contributed by atoms with Crippen LogP contribution >= 0.6 is 0 Å². The quantitative estimate of drug-likeness (QED) is 0.331. The minimum atomic E-state index is -0.204. The van der Waals surface area contributed by atoms with Crippen LogP contribution in [-0.2, 0) is 13.0 Å². The molecule has 37 heavy (non-hydrogen) atoms. The van der Waals surface area contributed by atoms with Crippen LogP contribution in [0.4, 0.5) is 0 Å². The molecule has 8 nitrogen and oxygen atoms in total. The van der Waals surface area contributed by atoms with Crippen molar-refractivity contribution in [3.05, 3.63) is 94.5 Å². The van der Waals surface area contributed by atoms with Gasteiger partial charge in [-0.25, -0.2) is 15.0 Å². The summed E-state index contributed by atoms with van der Waals surface area (Å²) in [5, 5.41) is 0.444. The molecule has 0 bridgehead atoms. The smallest absolute Gasteiger partial charge is 0.270 e. The maximum Gasteiger partial charge on any atom is 0.270 e. The first-order valence-electron chi connectivity index (χ1n) is 12.0. The summed E-state index contributed by atoms with van der Waals surface area (Å²) in [7, 11) is 3.25. The van der Waals surface area contributed by atoms with E-state index in [4.69, 9.17) is 24.4 Å². The molecule has 0 unspecified atom stereocenters. The molecule has 0 radical (unpaired) electrons. The van der Waals surface area contributed by atoms with E-state index < -0.39 is 0 Å². The Labute approximate surface area is 212 Å². The third-order valence-corrected chi connectivity index (χ3v) is 6.64. The summed E-state index contributed by atoms with van der Waals surface area (Å²) < 4.78 is 14.4. The van der Waals surface area contributed by atoms with E-state index in [9.17, 15) is 4.79 Å². The lowest BCUT2D eigenvalue weighted by Gasteiger charge is -2.14. The Kier molecular flexibility index (Phi) is 5.56. The van der Waals surface area contributed by atoms with Crippen molar-refractivity contribution in [2.45, 2.75) is 19.9 Å². The zero-order valence-corrected chi connectivity index (χ0v) is 20.8. The van der Waals surface area contributed by atoms with Crippen LogP contribution in [0, 0.1) is 6.92 Å². The van der Waals surface area contributed by atoms with Gasteiger partial charge in [0.15, 0.2) is 11.3 Å². The summed E-state index contributed by atoms with van der Waals surface area (Å²) >= 11 is 0. The number of ether oxygens (including phenoxy) is 2. The highest BCUT2D eigenvalue weighted by atomic mass is 16.5. The molecule has 0 aliphatic carbocycles. The number of aromatic nitrogens is 5. The summed E-state index contributed by atoms with van der Waals surface area (Å²) in [6, 6.07) is 23.1. The van der Waals surface area contributed by atoms with Crippen molar-refractivity contribution in [1.29, 1.82) is 0 Å². The normalized spacial score (nSPS) is 11.4. The number of methoxy groups -OCH3 is 2. The average Bonchev–Trinajstić information content (AvgIpc) is 3.23. The number of benzene rings is 3. The third-order valence-electron chi connectivity index (χ3n) is 6.64. The van der Waals surface area contributed by atoms with E-state index >= 15 is 0 Å². The molecule has 0 amide bonds. The first-order valence-corrected chi connectivity index (χ1v) is 12.0. The second kappa shape index (κ2) is 9.05. The molecule has 0 fully saturated rings.